The topological polar surface area (TPSA) is 61.8 Å². The number of carbonyl (C=O) groups excluding carboxylic acids is 2. The minimum atomic E-state index is -0.572. The molecule has 1 heterocycles. The maximum Gasteiger partial charge on any atom is 0.303 e. The van der Waals surface area contributed by atoms with E-state index in [1.807, 2.05) is 0 Å². The normalized spacial score (nSPS) is 26.1. The van der Waals surface area contributed by atoms with Crippen LogP contribution in [0.25, 0.3) is 0 Å². The molecule has 0 aromatic carbocycles. The molecule has 0 saturated carbocycles. The molecule has 0 aliphatic carbocycles. The molecule has 1 aliphatic heterocycles. The quantitative estimate of drug-likeness (QED) is 0.552. The second kappa shape index (κ2) is 6.23. The lowest BCUT2D eigenvalue weighted by Gasteiger charge is -2.34. The summed E-state index contributed by atoms with van der Waals surface area (Å²) >= 11 is 0. The number of carbonyl (C=O) groups is 2. The number of esters is 1. The lowest BCUT2D eigenvalue weighted by atomic mass is 10.0. The van der Waals surface area contributed by atoms with Gasteiger partial charge in [-0.2, -0.15) is 0 Å². The van der Waals surface area contributed by atoms with Gasteiger partial charge in [0.1, 0.15) is 11.9 Å². The van der Waals surface area contributed by atoms with E-state index < -0.39 is 24.3 Å². The summed E-state index contributed by atoms with van der Waals surface area (Å²) in [6.45, 7) is 8.13. The van der Waals surface area contributed by atoms with E-state index in [1.54, 1.807) is 13.0 Å². The van der Waals surface area contributed by atoms with Gasteiger partial charge < -0.3 is 14.2 Å². The third kappa shape index (κ3) is 4.24. The van der Waals surface area contributed by atoms with Gasteiger partial charge in [0.05, 0.1) is 12.0 Å². The zero-order chi connectivity index (χ0) is 13.7. The first-order valence-electron chi connectivity index (χ1n) is 5.71. The third-order valence-corrected chi connectivity index (χ3v) is 2.34. The molecule has 0 radical (unpaired) electrons. The number of ether oxygens (including phenoxy) is 3. The molecule has 18 heavy (non-hydrogen) atoms. The molecule has 0 spiro atoms. The maximum absolute atomic E-state index is 11.2. The molecule has 0 saturated heterocycles. The van der Waals surface area contributed by atoms with Crippen LogP contribution in [0, 0.1) is 0 Å². The summed E-state index contributed by atoms with van der Waals surface area (Å²) in [5.74, 6) is 0.0419. The molecule has 1 rings (SSSR count). The Kier molecular flexibility index (Phi) is 4.95. The van der Waals surface area contributed by atoms with Crippen molar-refractivity contribution in [1.29, 1.82) is 0 Å². The van der Waals surface area contributed by atoms with Crippen LogP contribution in [-0.2, 0) is 23.8 Å². The highest BCUT2D eigenvalue weighted by atomic mass is 16.6. The molecule has 0 N–H and O–H groups in total. The zero-order valence-electron chi connectivity index (χ0n) is 10.8. The Morgan fingerprint density at radius 2 is 1.94 bits per heavy atom. The van der Waals surface area contributed by atoms with E-state index in [4.69, 9.17) is 14.2 Å². The first kappa shape index (κ1) is 14.3. The smallest absolute Gasteiger partial charge is 0.303 e. The van der Waals surface area contributed by atoms with E-state index in [9.17, 15) is 9.59 Å². The molecule has 0 aromatic rings. The van der Waals surface area contributed by atoms with E-state index in [2.05, 4.69) is 6.58 Å². The lowest BCUT2D eigenvalue weighted by molar-refractivity contribution is -0.157. The first-order valence-corrected chi connectivity index (χ1v) is 5.71. The Morgan fingerprint density at radius 1 is 1.28 bits per heavy atom. The molecule has 100 valence electrons. The molecule has 0 aromatic heterocycles. The Bertz CT molecular complexity index is 372. The van der Waals surface area contributed by atoms with E-state index in [-0.39, 0.29) is 12.2 Å². The lowest BCUT2D eigenvalue weighted by Crippen LogP contribution is -2.44. The van der Waals surface area contributed by atoms with Crippen LogP contribution in [0.3, 0.4) is 0 Å². The molecular weight excluding hydrogens is 236 g/mol. The summed E-state index contributed by atoms with van der Waals surface area (Å²) in [6, 6.07) is 0. The summed E-state index contributed by atoms with van der Waals surface area (Å²) in [5, 5.41) is 0. The largest absolute Gasteiger partial charge is 0.494 e. The van der Waals surface area contributed by atoms with Gasteiger partial charge in [0.15, 0.2) is 12.2 Å². The van der Waals surface area contributed by atoms with Crippen LogP contribution >= 0.6 is 0 Å². The van der Waals surface area contributed by atoms with Crippen molar-refractivity contribution in [3.8, 4) is 0 Å². The number of hydrogen-bond acceptors (Lipinski definition) is 5. The van der Waals surface area contributed by atoms with Gasteiger partial charge in [-0.05, 0) is 19.9 Å². The van der Waals surface area contributed by atoms with E-state index in [0.29, 0.717) is 5.76 Å². The standard InChI is InChI=1S/C13H18O5/c1-8(2)17-13-11(18-10(4)15)5-6-16-12(13)7-9(3)14/h5-6,11-13H,1,7H2,2-4H3/t11-,12?,13-/m0/s1. The fourth-order valence-electron chi connectivity index (χ4n) is 1.74. The van der Waals surface area contributed by atoms with E-state index >= 15 is 0 Å². The number of hydrogen-bond donors (Lipinski definition) is 0. The molecular formula is C13H18O5. The van der Waals surface area contributed by atoms with Crippen molar-refractivity contribution in [3.63, 3.8) is 0 Å². The van der Waals surface area contributed by atoms with Crippen LogP contribution in [0.5, 0.6) is 0 Å². The van der Waals surface area contributed by atoms with Gasteiger partial charge in [-0.15, -0.1) is 0 Å². The van der Waals surface area contributed by atoms with Gasteiger partial charge in [0, 0.05) is 13.3 Å². The van der Waals surface area contributed by atoms with Crippen LogP contribution in [0.4, 0.5) is 0 Å². The average Bonchev–Trinajstić information content (AvgIpc) is 2.20. The molecule has 0 amide bonds. The molecule has 5 heteroatoms. The Hall–Kier alpha value is -1.78. The summed E-state index contributed by atoms with van der Waals surface area (Å²) in [5.41, 5.74) is 0. The van der Waals surface area contributed by atoms with Gasteiger partial charge in [-0.3, -0.25) is 9.59 Å². The first-order chi connectivity index (χ1) is 8.40. The van der Waals surface area contributed by atoms with Crippen molar-refractivity contribution in [2.45, 2.75) is 45.5 Å². The monoisotopic (exact) mass is 254 g/mol. The van der Waals surface area contributed by atoms with Crippen molar-refractivity contribution in [3.05, 3.63) is 24.7 Å². The van der Waals surface area contributed by atoms with Crippen LogP contribution in [0.2, 0.25) is 0 Å². The zero-order valence-corrected chi connectivity index (χ0v) is 10.8. The highest BCUT2D eigenvalue weighted by Gasteiger charge is 2.36. The van der Waals surface area contributed by atoms with Crippen molar-refractivity contribution in [1.82, 2.24) is 0 Å². The van der Waals surface area contributed by atoms with Crippen molar-refractivity contribution < 1.29 is 23.8 Å². The Labute approximate surface area is 106 Å². The molecule has 5 nitrogen and oxygen atoms in total. The average molecular weight is 254 g/mol. The van der Waals surface area contributed by atoms with Gasteiger partial charge in [0.2, 0.25) is 0 Å². The van der Waals surface area contributed by atoms with Gasteiger partial charge in [-0.25, -0.2) is 0 Å². The summed E-state index contributed by atoms with van der Waals surface area (Å²) < 4.78 is 16.0. The second-order valence-corrected chi connectivity index (χ2v) is 4.27. The number of allylic oxidation sites excluding steroid dienone is 1. The SMILES string of the molecule is C=C(C)O[C@@H]1C(CC(C)=O)OC=C[C@@H]1OC(C)=O. The number of Topliss-reactive ketones (excluding diaryl/α,β-unsaturated/α-hetero) is 1. The minimum absolute atomic E-state index is 0.0211. The van der Waals surface area contributed by atoms with E-state index in [1.165, 1.54) is 20.1 Å². The third-order valence-electron chi connectivity index (χ3n) is 2.34. The fourth-order valence-corrected chi connectivity index (χ4v) is 1.74. The van der Waals surface area contributed by atoms with Crippen molar-refractivity contribution >= 4 is 11.8 Å². The molecule has 1 unspecified atom stereocenters. The Balaban J connectivity index is 2.84. The van der Waals surface area contributed by atoms with Gasteiger partial charge >= 0.3 is 5.97 Å². The van der Waals surface area contributed by atoms with E-state index in [0.717, 1.165) is 0 Å². The molecule has 0 fully saturated rings. The summed E-state index contributed by atoms with van der Waals surface area (Å²) in [7, 11) is 0. The second-order valence-electron chi connectivity index (χ2n) is 4.27. The summed E-state index contributed by atoms with van der Waals surface area (Å²) in [6.07, 6.45) is 1.61. The molecule has 0 bridgehead atoms. The van der Waals surface area contributed by atoms with Crippen LogP contribution in [-0.4, -0.2) is 30.1 Å². The van der Waals surface area contributed by atoms with Gasteiger partial charge in [-0.1, -0.05) is 6.58 Å². The Morgan fingerprint density at radius 3 is 2.44 bits per heavy atom. The predicted molar refractivity (Wildman–Crippen MR) is 64.6 cm³/mol. The van der Waals surface area contributed by atoms with Crippen LogP contribution in [0.1, 0.15) is 27.2 Å². The minimum Gasteiger partial charge on any atom is -0.494 e. The predicted octanol–water partition coefficient (Wildman–Crippen LogP) is 1.73. The van der Waals surface area contributed by atoms with Crippen molar-refractivity contribution in [2.75, 3.05) is 0 Å². The molecule has 3 atom stereocenters. The highest BCUT2D eigenvalue weighted by Crippen LogP contribution is 2.23. The number of ketones is 1. The van der Waals surface area contributed by atoms with Gasteiger partial charge in [0.25, 0.3) is 0 Å². The van der Waals surface area contributed by atoms with Crippen LogP contribution < -0.4 is 0 Å². The van der Waals surface area contributed by atoms with Crippen molar-refractivity contribution in [2.24, 2.45) is 0 Å². The van der Waals surface area contributed by atoms with Crippen LogP contribution in [0.15, 0.2) is 24.7 Å². The maximum atomic E-state index is 11.2. The summed E-state index contributed by atoms with van der Waals surface area (Å²) in [4.78, 5) is 22.2. The molecule has 1 aliphatic rings. The number of rotatable bonds is 5. The highest BCUT2D eigenvalue weighted by molar-refractivity contribution is 5.76. The fraction of sp³-hybridized carbons (Fsp3) is 0.538.